The number of rotatable bonds is 40. The van der Waals surface area contributed by atoms with Gasteiger partial charge in [-0.05, 0) is 90.9 Å². The summed E-state index contributed by atoms with van der Waals surface area (Å²) < 4.78 is 16.8. The highest BCUT2D eigenvalue weighted by Gasteiger charge is 2.40. The van der Waals surface area contributed by atoms with E-state index in [1.54, 1.807) is 4.90 Å². The Morgan fingerprint density at radius 2 is 1.17 bits per heavy atom. The standard InChI is InChI=1S/C50H89N3O6/c1-5-8-10-12-14-16-18-20-22-24-26-28-30-32-34-36-38-59-50(56)47-41-46(52-48(54)43-51-42-45(4)58-40-39-57-7-3)44-53(47)49(55)37-35-33-31-29-27-25-23-21-19-17-15-13-11-9-6-2/h14-17,20-23,45-47,51H,5-13,18-19,24-44H2,1-4H3,(H,52,54)/b16-14-,17-15-,22-20-,23-21-. The highest BCUT2D eigenvalue weighted by molar-refractivity contribution is 5.86. The molecule has 1 fully saturated rings. The van der Waals surface area contributed by atoms with Crippen LogP contribution in [-0.2, 0) is 28.6 Å². The number of hydrogen-bond acceptors (Lipinski definition) is 7. The summed E-state index contributed by atoms with van der Waals surface area (Å²) in [5, 5.41) is 6.20. The van der Waals surface area contributed by atoms with Gasteiger partial charge in [-0.3, -0.25) is 9.59 Å². The molecule has 1 heterocycles. The molecule has 0 aromatic rings. The molecule has 0 saturated carbocycles. The molecule has 0 aromatic carbocycles. The first kappa shape index (κ1) is 54.3. The summed E-state index contributed by atoms with van der Waals surface area (Å²) in [7, 11) is 0. The molecule has 0 bridgehead atoms. The third kappa shape index (κ3) is 32.7. The Hall–Kier alpha value is -2.75. The topological polar surface area (TPSA) is 106 Å². The molecule has 0 spiro atoms. The van der Waals surface area contributed by atoms with E-state index < -0.39 is 6.04 Å². The molecule has 0 aromatic heterocycles. The normalized spacial score (nSPS) is 16.4. The van der Waals surface area contributed by atoms with Crippen LogP contribution in [0.2, 0.25) is 0 Å². The first-order chi connectivity index (χ1) is 28.9. The van der Waals surface area contributed by atoms with Crippen LogP contribution >= 0.6 is 0 Å². The fourth-order valence-corrected chi connectivity index (χ4v) is 7.21. The second-order valence-corrected chi connectivity index (χ2v) is 16.3. The van der Waals surface area contributed by atoms with Crippen LogP contribution in [-0.4, -0.2) is 86.9 Å². The number of hydrogen-bond donors (Lipinski definition) is 2. The van der Waals surface area contributed by atoms with Gasteiger partial charge in [-0.1, -0.05) is 133 Å². The van der Waals surface area contributed by atoms with Crippen molar-refractivity contribution in [2.75, 3.05) is 46.1 Å². The van der Waals surface area contributed by atoms with Crippen LogP contribution < -0.4 is 10.6 Å². The molecule has 2 N–H and O–H groups in total. The van der Waals surface area contributed by atoms with E-state index in [9.17, 15) is 14.4 Å². The Kier molecular flexibility index (Phi) is 37.4. The quantitative estimate of drug-likeness (QED) is 0.0360. The lowest BCUT2D eigenvalue weighted by Crippen LogP contribution is -2.44. The largest absolute Gasteiger partial charge is 0.464 e. The van der Waals surface area contributed by atoms with Crippen LogP contribution in [0.5, 0.6) is 0 Å². The number of carbonyl (C=O) groups is 3. The maximum Gasteiger partial charge on any atom is 0.328 e. The minimum atomic E-state index is -0.665. The van der Waals surface area contributed by atoms with Crippen molar-refractivity contribution in [2.24, 2.45) is 0 Å². The van der Waals surface area contributed by atoms with Crippen LogP contribution in [0.1, 0.15) is 188 Å². The monoisotopic (exact) mass is 828 g/mol. The van der Waals surface area contributed by atoms with E-state index in [4.69, 9.17) is 14.2 Å². The Morgan fingerprint density at radius 1 is 0.644 bits per heavy atom. The van der Waals surface area contributed by atoms with Gasteiger partial charge in [-0.25, -0.2) is 4.79 Å². The summed E-state index contributed by atoms with van der Waals surface area (Å²) in [6.07, 6.45) is 45.2. The zero-order valence-electron chi connectivity index (χ0n) is 38.4. The number of unbranched alkanes of at least 4 members (excludes halogenated alkanes) is 17. The van der Waals surface area contributed by atoms with Crippen molar-refractivity contribution in [1.82, 2.24) is 15.5 Å². The Labute approximate surface area is 362 Å². The number of nitrogens with zero attached hydrogens (tertiary/aromatic N) is 1. The lowest BCUT2D eigenvalue weighted by Gasteiger charge is -2.23. The zero-order valence-corrected chi connectivity index (χ0v) is 38.4. The van der Waals surface area contributed by atoms with Crippen LogP contribution in [0.3, 0.4) is 0 Å². The van der Waals surface area contributed by atoms with E-state index >= 15 is 0 Å². The van der Waals surface area contributed by atoms with Crippen molar-refractivity contribution in [3.8, 4) is 0 Å². The van der Waals surface area contributed by atoms with Gasteiger partial charge in [-0.15, -0.1) is 0 Å². The molecular weight excluding hydrogens is 739 g/mol. The second-order valence-electron chi connectivity index (χ2n) is 16.3. The van der Waals surface area contributed by atoms with E-state index in [1.165, 1.54) is 70.6 Å². The van der Waals surface area contributed by atoms with Gasteiger partial charge in [0, 0.05) is 38.6 Å². The van der Waals surface area contributed by atoms with Crippen LogP contribution in [0.4, 0.5) is 0 Å². The minimum Gasteiger partial charge on any atom is -0.464 e. The van der Waals surface area contributed by atoms with Crippen LogP contribution in [0.25, 0.3) is 0 Å². The van der Waals surface area contributed by atoms with Crippen molar-refractivity contribution >= 4 is 17.8 Å². The van der Waals surface area contributed by atoms with E-state index in [-0.39, 0.29) is 36.5 Å². The number of allylic oxidation sites excluding steroid dienone is 8. The van der Waals surface area contributed by atoms with Crippen molar-refractivity contribution < 1.29 is 28.6 Å². The van der Waals surface area contributed by atoms with Crippen LogP contribution in [0, 0.1) is 0 Å². The van der Waals surface area contributed by atoms with Gasteiger partial charge >= 0.3 is 5.97 Å². The van der Waals surface area contributed by atoms with Crippen molar-refractivity contribution in [3.63, 3.8) is 0 Å². The summed E-state index contributed by atoms with van der Waals surface area (Å²) >= 11 is 0. The number of esters is 1. The molecular formula is C50H89N3O6. The van der Waals surface area contributed by atoms with E-state index in [0.29, 0.717) is 52.4 Å². The first-order valence-corrected chi connectivity index (χ1v) is 24.2. The fraction of sp³-hybridized carbons (Fsp3) is 0.780. The lowest BCUT2D eigenvalue weighted by atomic mass is 10.1. The van der Waals surface area contributed by atoms with Gasteiger partial charge in [0.15, 0.2) is 0 Å². The minimum absolute atomic E-state index is 0.0285. The second kappa shape index (κ2) is 40.6. The SMILES string of the molecule is CCCCC/C=C\C/C=C\CCCCCCCCOC(=O)C1CC(NC(=O)CNCC(C)OCCOCC)CN1C(=O)CCCCCCC/C=C\C/C=C\CCCCC. The van der Waals surface area contributed by atoms with Gasteiger partial charge in [0.2, 0.25) is 11.8 Å². The number of likely N-dealkylation sites (tertiary alicyclic amines) is 1. The summed E-state index contributed by atoms with van der Waals surface area (Å²) in [6, 6.07) is -0.959. The molecule has 340 valence electrons. The van der Waals surface area contributed by atoms with Gasteiger partial charge in [-0.2, -0.15) is 0 Å². The molecule has 0 aliphatic carbocycles. The smallest absolute Gasteiger partial charge is 0.328 e. The number of nitrogens with one attached hydrogen (secondary N) is 2. The van der Waals surface area contributed by atoms with Crippen molar-refractivity contribution in [3.05, 3.63) is 48.6 Å². The van der Waals surface area contributed by atoms with E-state index in [2.05, 4.69) is 73.1 Å². The Morgan fingerprint density at radius 3 is 1.73 bits per heavy atom. The van der Waals surface area contributed by atoms with Crippen LogP contribution in [0.15, 0.2) is 48.6 Å². The number of carbonyl (C=O) groups excluding carboxylic acids is 3. The molecule has 9 nitrogen and oxygen atoms in total. The summed E-state index contributed by atoms with van der Waals surface area (Å²) in [5.41, 5.74) is 0. The molecule has 3 unspecified atom stereocenters. The van der Waals surface area contributed by atoms with Gasteiger partial charge in [0.25, 0.3) is 0 Å². The summed E-state index contributed by atoms with van der Waals surface area (Å²) in [4.78, 5) is 41.3. The van der Waals surface area contributed by atoms with Gasteiger partial charge in [0.1, 0.15) is 6.04 Å². The first-order valence-electron chi connectivity index (χ1n) is 24.2. The predicted octanol–water partition coefficient (Wildman–Crippen LogP) is 11.3. The molecule has 2 amide bonds. The maximum atomic E-state index is 13.5. The Balaban J connectivity index is 2.43. The van der Waals surface area contributed by atoms with E-state index in [1.807, 2.05) is 13.8 Å². The summed E-state index contributed by atoms with van der Waals surface area (Å²) in [6.45, 7) is 11.5. The predicted molar refractivity (Wildman–Crippen MR) is 247 cm³/mol. The number of ether oxygens (including phenoxy) is 3. The molecule has 59 heavy (non-hydrogen) atoms. The fourth-order valence-electron chi connectivity index (χ4n) is 7.21. The molecule has 1 saturated heterocycles. The average Bonchev–Trinajstić information content (AvgIpc) is 3.65. The van der Waals surface area contributed by atoms with Gasteiger partial charge < -0.3 is 29.7 Å². The molecule has 3 atom stereocenters. The van der Waals surface area contributed by atoms with Gasteiger partial charge in [0.05, 0.1) is 32.5 Å². The average molecular weight is 828 g/mol. The molecule has 1 aliphatic heterocycles. The molecule has 9 heteroatoms. The molecule has 1 aliphatic rings. The number of amides is 2. The third-order valence-corrected chi connectivity index (χ3v) is 10.7. The molecule has 1 rings (SSSR count). The maximum absolute atomic E-state index is 13.5. The Bertz CT molecular complexity index is 1140. The van der Waals surface area contributed by atoms with Crippen molar-refractivity contribution in [2.45, 2.75) is 206 Å². The molecule has 0 radical (unpaired) electrons. The van der Waals surface area contributed by atoms with Crippen molar-refractivity contribution in [1.29, 1.82) is 0 Å². The summed E-state index contributed by atoms with van der Waals surface area (Å²) in [5.74, 6) is -0.541. The lowest BCUT2D eigenvalue weighted by molar-refractivity contribution is -0.153. The third-order valence-electron chi connectivity index (χ3n) is 10.7. The van der Waals surface area contributed by atoms with E-state index in [0.717, 1.165) is 77.0 Å². The highest BCUT2D eigenvalue weighted by atomic mass is 16.5. The zero-order chi connectivity index (χ0) is 42.9. The highest BCUT2D eigenvalue weighted by Crippen LogP contribution is 2.22.